The molecule has 4 heteroatoms. The molecule has 1 aromatic carbocycles. The lowest BCUT2D eigenvalue weighted by Crippen LogP contribution is -2.19. The average molecular weight is 215 g/mol. The SMILES string of the molecule is O=C1NC(=O)c2cc(C#CCCO)ccc21. The Bertz CT molecular complexity index is 523. The van der Waals surface area contributed by atoms with Gasteiger partial charge in [-0.05, 0) is 18.2 Å². The van der Waals surface area contributed by atoms with Gasteiger partial charge >= 0.3 is 0 Å². The highest BCUT2D eigenvalue weighted by molar-refractivity contribution is 6.21. The predicted octanol–water partition coefficient (Wildman–Crippen LogP) is 0.304. The summed E-state index contributed by atoms with van der Waals surface area (Å²) in [5.41, 5.74) is 1.41. The molecule has 2 N–H and O–H groups in total. The summed E-state index contributed by atoms with van der Waals surface area (Å²) in [4.78, 5) is 22.6. The minimum absolute atomic E-state index is 0.0108. The molecule has 0 aliphatic carbocycles. The highest BCUT2D eigenvalue weighted by Gasteiger charge is 2.26. The number of aliphatic hydroxyl groups is 1. The van der Waals surface area contributed by atoms with Crippen LogP contribution in [0.5, 0.6) is 0 Å². The van der Waals surface area contributed by atoms with E-state index < -0.39 is 0 Å². The Morgan fingerprint density at radius 3 is 2.69 bits per heavy atom. The van der Waals surface area contributed by atoms with Crippen molar-refractivity contribution in [3.8, 4) is 11.8 Å². The fraction of sp³-hybridized carbons (Fsp3) is 0.167. The second-order valence-electron chi connectivity index (χ2n) is 3.32. The van der Waals surface area contributed by atoms with Crippen LogP contribution < -0.4 is 5.32 Å². The summed E-state index contributed by atoms with van der Waals surface area (Å²) in [5.74, 6) is 4.81. The lowest BCUT2D eigenvalue weighted by atomic mass is 10.1. The largest absolute Gasteiger partial charge is 0.395 e. The Balaban J connectivity index is 2.34. The molecule has 1 aromatic rings. The Labute approximate surface area is 92.3 Å². The minimum Gasteiger partial charge on any atom is -0.395 e. The van der Waals surface area contributed by atoms with Crippen LogP contribution in [0, 0.1) is 11.8 Å². The van der Waals surface area contributed by atoms with Crippen molar-refractivity contribution in [1.82, 2.24) is 5.32 Å². The summed E-state index contributed by atoms with van der Waals surface area (Å²) in [6.07, 6.45) is 0.391. The molecule has 2 amide bonds. The highest BCUT2D eigenvalue weighted by atomic mass is 16.2. The zero-order valence-corrected chi connectivity index (χ0v) is 8.41. The number of amides is 2. The first-order valence-electron chi connectivity index (χ1n) is 4.82. The van der Waals surface area contributed by atoms with Crippen molar-refractivity contribution in [3.63, 3.8) is 0 Å². The lowest BCUT2D eigenvalue weighted by molar-refractivity contribution is 0.0879. The number of aliphatic hydroxyl groups excluding tert-OH is 1. The van der Waals surface area contributed by atoms with Crippen LogP contribution in [-0.4, -0.2) is 23.5 Å². The summed E-state index contributed by atoms with van der Waals surface area (Å²) in [6.45, 7) is 0.0108. The summed E-state index contributed by atoms with van der Waals surface area (Å²) >= 11 is 0. The van der Waals surface area contributed by atoms with Crippen LogP contribution >= 0.6 is 0 Å². The van der Waals surface area contributed by atoms with Crippen LogP contribution in [0.1, 0.15) is 32.7 Å². The van der Waals surface area contributed by atoms with Crippen LogP contribution in [0.2, 0.25) is 0 Å². The monoisotopic (exact) mass is 215 g/mol. The molecule has 0 radical (unpaired) electrons. The maximum atomic E-state index is 11.3. The Morgan fingerprint density at radius 2 is 1.94 bits per heavy atom. The van der Waals surface area contributed by atoms with Crippen LogP contribution in [0.3, 0.4) is 0 Å². The minimum atomic E-state index is -0.384. The Kier molecular flexibility index (Phi) is 2.71. The summed E-state index contributed by atoms with van der Waals surface area (Å²) in [7, 11) is 0. The molecule has 0 bridgehead atoms. The number of carbonyl (C=O) groups is 2. The molecule has 1 aliphatic heterocycles. The highest BCUT2D eigenvalue weighted by Crippen LogP contribution is 2.16. The van der Waals surface area contributed by atoms with Crippen molar-refractivity contribution < 1.29 is 14.7 Å². The van der Waals surface area contributed by atoms with E-state index in [1.54, 1.807) is 18.2 Å². The van der Waals surface area contributed by atoms with Gasteiger partial charge < -0.3 is 5.11 Å². The van der Waals surface area contributed by atoms with Crippen molar-refractivity contribution >= 4 is 11.8 Å². The van der Waals surface area contributed by atoms with E-state index in [1.165, 1.54) is 0 Å². The molecule has 80 valence electrons. The smallest absolute Gasteiger partial charge is 0.258 e. The van der Waals surface area contributed by atoms with E-state index in [1.807, 2.05) is 0 Å². The summed E-state index contributed by atoms with van der Waals surface area (Å²) in [5, 5.41) is 10.8. The lowest BCUT2D eigenvalue weighted by Gasteiger charge is -1.94. The van der Waals surface area contributed by atoms with Crippen molar-refractivity contribution in [1.29, 1.82) is 0 Å². The number of hydrogen-bond acceptors (Lipinski definition) is 3. The molecular formula is C12H9NO3. The number of carbonyl (C=O) groups excluding carboxylic acids is 2. The van der Waals surface area contributed by atoms with Gasteiger partial charge in [-0.25, -0.2) is 0 Å². The first-order chi connectivity index (χ1) is 7.72. The Morgan fingerprint density at radius 1 is 1.19 bits per heavy atom. The predicted molar refractivity (Wildman–Crippen MR) is 56.8 cm³/mol. The second kappa shape index (κ2) is 4.17. The van der Waals surface area contributed by atoms with Crippen LogP contribution in [0.25, 0.3) is 0 Å². The molecule has 0 aromatic heterocycles. The number of nitrogens with one attached hydrogen (secondary N) is 1. The van der Waals surface area contributed by atoms with Gasteiger partial charge in [0.05, 0.1) is 17.7 Å². The molecule has 1 aliphatic rings. The van der Waals surface area contributed by atoms with E-state index in [0.29, 0.717) is 23.1 Å². The van der Waals surface area contributed by atoms with Gasteiger partial charge in [-0.15, -0.1) is 0 Å². The molecule has 0 unspecified atom stereocenters. The molecule has 0 spiro atoms. The summed E-state index contributed by atoms with van der Waals surface area (Å²) < 4.78 is 0. The van der Waals surface area contributed by atoms with E-state index in [2.05, 4.69) is 17.2 Å². The van der Waals surface area contributed by atoms with Gasteiger partial charge in [0.25, 0.3) is 11.8 Å². The van der Waals surface area contributed by atoms with Gasteiger partial charge in [-0.2, -0.15) is 0 Å². The van der Waals surface area contributed by atoms with Crippen molar-refractivity contribution in [2.45, 2.75) is 6.42 Å². The van der Waals surface area contributed by atoms with Crippen LogP contribution in [0.15, 0.2) is 18.2 Å². The maximum absolute atomic E-state index is 11.3. The zero-order valence-electron chi connectivity index (χ0n) is 8.41. The van der Waals surface area contributed by atoms with Gasteiger partial charge in [-0.1, -0.05) is 11.8 Å². The fourth-order valence-corrected chi connectivity index (χ4v) is 1.47. The van der Waals surface area contributed by atoms with Gasteiger partial charge in [-0.3, -0.25) is 14.9 Å². The van der Waals surface area contributed by atoms with Crippen molar-refractivity contribution in [2.24, 2.45) is 0 Å². The number of benzene rings is 1. The third kappa shape index (κ3) is 1.81. The van der Waals surface area contributed by atoms with Gasteiger partial charge in [0.1, 0.15) is 0 Å². The van der Waals surface area contributed by atoms with Crippen molar-refractivity contribution in [3.05, 3.63) is 34.9 Å². The first-order valence-corrected chi connectivity index (χ1v) is 4.82. The number of imide groups is 1. The Hall–Kier alpha value is -2.12. The van der Waals surface area contributed by atoms with E-state index in [0.717, 1.165) is 0 Å². The fourth-order valence-electron chi connectivity index (χ4n) is 1.47. The molecule has 0 saturated heterocycles. The standard InChI is InChI=1S/C12H9NO3/c14-6-2-1-3-8-4-5-9-10(7-8)12(16)13-11(9)15/h4-5,7,14H,2,6H2,(H,13,15,16). The van der Waals surface area contributed by atoms with Gasteiger partial charge in [0, 0.05) is 12.0 Å². The van der Waals surface area contributed by atoms with Gasteiger partial charge in [0.15, 0.2) is 0 Å². The third-order valence-electron chi connectivity index (χ3n) is 2.21. The van der Waals surface area contributed by atoms with E-state index in [9.17, 15) is 9.59 Å². The van der Waals surface area contributed by atoms with Crippen LogP contribution in [-0.2, 0) is 0 Å². The third-order valence-corrected chi connectivity index (χ3v) is 2.21. The van der Waals surface area contributed by atoms with Gasteiger partial charge in [0.2, 0.25) is 0 Å². The normalized spacial score (nSPS) is 12.8. The van der Waals surface area contributed by atoms with Crippen molar-refractivity contribution in [2.75, 3.05) is 6.61 Å². The number of hydrogen-bond donors (Lipinski definition) is 2. The molecule has 1 heterocycles. The first kappa shape index (κ1) is 10.4. The molecule has 4 nitrogen and oxygen atoms in total. The van der Waals surface area contributed by atoms with E-state index >= 15 is 0 Å². The zero-order chi connectivity index (χ0) is 11.5. The topological polar surface area (TPSA) is 66.4 Å². The number of rotatable bonds is 1. The molecule has 0 atom stereocenters. The molecule has 0 saturated carbocycles. The van der Waals surface area contributed by atoms with E-state index in [4.69, 9.17) is 5.11 Å². The molecule has 16 heavy (non-hydrogen) atoms. The van der Waals surface area contributed by atoms with Crippen LogP contribution in [0.4, 0.5) is 0 Å². The molecule has 2 rings (SSSR count). The van der Waals surface area contributed by atoms with E-state index in [-0.39, 0.29) is 18.4 Å². The second-order valence-corrected chi connectivity index (χ2v) is 3.32. The average Bonchev–Trinajstić information content (AvgIpc) is 2.55. The quantitative estimate of drug-likeness (QED) is 0.523. The summed E-state index contributed by atoms with van der Waals surface area (Å²) in [6, 6.07) is 4.85. The maximum Gasteiger partial charge on any atom is 0.258 e. The number of fused-ring (bicyclic) bond motifs is 1. The molecule has 0 fully saturated rings. The molecular weight excluding hydrogens is 206 g/mol.